The third-order valence-corrected chi connectivity index (χ3v) is 4.93. The highest BCUT2D eigenvalue weighted by Gasteiger charge is 2.38. The van der Waals surface area contributed by atoms with Crippen LogP contribution in [0.5, 0.6) is 0 Å². The molecule has 1 fully saturated rings. The van der Waals surface area contributed by atoms with Crippen molar-refractivity contribution in [3.05, 3.63) is 29.0 Å². The maximum atomic E-state index is 11.3. The summed E-state index contributed by atoms with van der Waals surface area (Å²) in [6.07, 6.45) is 3.76. The van der Waals surface area contributed by atoms with Crippen LogP contribution in [0.1, 0.15) is 18.4 Å². The molecule has 0 amide bonds. The Balaban J connectivity index is 1.98. The summed E-state index contributed by atoms with van der Waals surface area (Å²) in [6.45, 7) is 0. The number of hydrogen-bond acceptors (Lipinski definition) is 5. The molecule has 1 aliphatic carbocycles. The van der Waals surface area contributed by atoms with E-state index in [1.54, 1.807) is 25.4 Å². The summed E-state index contributed by atoms with van der Waals surface area (Å²) >= 11 is 5.71. The summed E-state index contributed by atoms with van der Waals surface area (Å²) in [5, 5.41) is 0.110. The summed E-state index contributed by atoms with van der Waals surface area (Å²) in [5.41, 5.74) is 0.731. The highest BCUT2D eigenvalue weighted by atomic mass is 35.5. The first kappa shape index (κ1) is 14.3. The predicted octanol–water partition coefficient (Wildman–Crippen LogP) is 1.70. The van der Waals surface area contributed by atoms with Crippen molar-refractivity contribution in [2.45, 2.75) is 24.2 Å². The predicted molar refractivity (Wildman–Crippen MR) is 74.4 cm³/mol. The molecule has 0 aromatic carbocycles. The van der Waals surface area contributed by atoms with Crippen LogP contribution in [-0.2, 0) is 14.6 Å². The molecule has 1 saturated carbocycles. The number of aromatic nitrogens is 1. The topological polar surface area (TPSA) is 68.6 Å². The zero-order valence-corrected chi connectivity index (χ0v) is 12.3. The van der Waals surface area contributed by atoms with Crippen molar-refractivity contribution in [1.29, 1.82) is 0 Å². The Morgan fingerprint density at radius 1 is 1.47 bits per heavy atom. The largest absolute Gasteiger partial charge is 0.474 e. The Kier molecular flexibility index (Phi) is 4.10. The lowest BCUT2D eigenvalue weighted by atomic mass is 9.95. The number of nitrogens with zero attached hydrogens (tertiary/aromatic N) is 2. The Morgan fingerprint density at radius 2 is 2.16 bits per heavy atom. The second-order valence-corrected chi connectivity index (χ2v) is 7.27. The molecule has 0 unspecified atom stereocenters. The molecule has 0 N–H and O–H groups in total. The molecule has 0 radical (unpaired) electrons. The fraction of sp³-hybridized carbons (Fsp3) is 0.500. The zero-order valence-electron chi connectivity index (χ0n) is 10.7. The van der Waals surface area contributed by atoms with E-state index in [2.05, 4.69) is 9.98 Å². The molecule has 0 spiro atoms. The van der Waals surface area contributed by atoms with Crippen molar-refractivity contribution in [3.63, 3.8) is 0 Å². The lowest BCUT2D eigenvalue weighted by molar-refractivity contribution is 0.111. The number of sulfone groups is 1. The summed E-state index contributed by atoms with van der Waals surface area (Å²) in [4.78, 5) is 8.02. The number of aliphatic imine (C=N–C) groups is 1. The van der Waals surface area contributed by atoms with E-state index in [0.717, 1.165) is 5.56 Å². The van der Waals surface area contributed by atoms with Crippen LogP contribution in [0.15, 0.2) is 23.3 Å². The van der Waals surface area contributed by atoms with E-state index < -0.39 is 9.84 Å². The Bertz CT molecular complexity index is 577. The van der Waals surface area contributed by atoms with Gasteiger partial charge in [-0.2, -0.15) is 0 Å². The molecule has 1 aromatic rings. The summed E-state index contributed by atoms with van der Waals surface area (Å²) in [5.74, 6) is 0.459. The monoisotopic (exact) mass is 302 g/mol. The molecular formula is C12H15ClN2O3S. The highest BCUT2D eigenvalue weighted by molar-refractivity contribution is 7.91. The van der Waals surface area contributed by atoms with Gasteiger partial charge in [0.15, 0.2) is 9.84 Å². The second-order valence-electron chi connectivity index (χ2n) is 4.56. The van der Waals surface area contributed by atoms with Gasteiger partial charge in [-0.05, 0) is 12.1 Å². The highest BCUT2D eigenvalue weighted by Crippen LogP contribution is 2.29. The van der Waals surface area contributed by atoms with E-state index in [4.69, 9.17) is 16.3 Å². The quantitative estimate of drug-likeness (QED) is 0.484. The number of pyridine rings is 1. The summed E-state index contributed by atoms with van der Waals surface area (Å²) in [7, 11) is -1.34. The van der Waals surface area contributed by atoms with Gasteiger partial charge >= 0.3 is 0 Å². The van der Waals surface area contributed by atoms with E-state index in [1.807, 2.05) is 0 Å². The van der Waals surface area contributed by atoms with Crippen LogP contribution in [0.4, 0.5) is 0 Å². The van der Waals surface area contributed by atoms with E-state index in [0.29, 0.717) is 23.9 Å². The second kappa shape index (κ2) is 5.46. The average molecular weight is 303 g/mol. The van der Waals surface area contributed by atoms with E-state index in [9.17, 15) is 8.42 Å². The van der Waals surface area contributed by atoms with E-state index in [1.165, 1.54) is 6.26 Å². The van der Waals surface area contributed by atoms with Gasteiger partial charge in [-0.1, -0.05) is 11.6 Å². The first-order valence-electron chi connectivity index (χ1n) is 5.84. The van der Waals surface area contributed by atoms with Crippen LogP contribution in [0, 0.1) is 0 Å². The van der Waals surface area contributed by atoms with Crippen LogP contribution in [0.25, 0.3) is 0 Å². The SMILES string of the molecule is CN=C(OC1CC(S(C)(=O)=O)C1)c1ccc(Cl)nc1. The van der Waals surface area contributed by atoms with Crippen LogP contribution in [-0.4, -0.2) is 44.0 Å². The first-order chi connectivity index (χ1) is 8.90. The fourth-order valence-corrected chi connectivity index (χ4v) is 3.11. The molecular weight excluding hydrogens is 288 g/mol. The van der Waals surface area contributed by atoms with Gasteiger partial charge in [0, 0.05) is 32.3 Å². The molecule has 0 atom stereocenters. The first-order valence-corrected chi connectivity index (χ1v) is 8.17. The minimum Gasteiger partial charge on any atom is -0.474 e. The lowest BCUT2D eigenvalue weighted by Gasteiger charge is -2.34. The number of ether oxygens (including phenoxy) is 1. The van der Waals surface area contributed by atoms with Crippen molar-refractivity contribution in [2.24, 2.45) is 4.99 Å². The van der Waals surface area contributed by atoms with Crippen molar-refractivity contribution in [3.8, 4) is 0 Å². The molecule has 104 valence electrons. The molecule has 5 nitrogen and oxygen atoms in total. The van der Waals surface area contributed by atoms with Gasteiger partial charge in [-0.3, -0.25) is 4.99 Å². The van der Waals surface area contributed by atoms with Gasteiger partial charge in [-0.25, -0.2) is 13.4 Å². The summed E-state index contributed by atoms with van der Waals surface area (Å²) in [6, 6.07) is 3.43. The van der Waals surface area contributed by atoms with Gasteiger partial charge in [0.2, 0.25) is 5.90 Å². The van der Waals surface area contributed by atoms with Crippen LogP contribution >= 0.6 is 11.6 Å². The van der Waals surface area contributed by atoms with Gasteiger partial charge in [-0.15, -0.1) is 0 Å². The minimum absolute atomic E-state index is 0.103. The lowest BCUT2D eigenvalue weighted by Crippen LogP contribution is -2.41. The smallest absolute Gasteiger partial charge is 0.217 e. The molecule has 0 aliphatic heterocycles. The maximum absolute atomic E-state index is 11.3. The van der Waals surface area contributed by atoms with Crippen molar-refractivity contribution in [2.75, 3.05) is 13.3 Å². The normalized spacial score (nSPS) is 23.8. The van der Waals surface area contributed by atoms with Crippen molar-refractivity contribution < 1.29 is 13.2 Å². The Hall–Kier alpha value is -1.14. The standard InChI is InChI=1S/C12H15ClN2O3S/c1-14-12(8-3-4-11(13)15-7-8)18-9-5-10(6-9)19(2,16)17/h3-4,7,9-10H,5-6H2,1-2H3. The van der Waals surface area contributed by atoms with Crippen LogP contribution < -0.4 is 0 Å². The molecule has 2 rings (SSSR count). The molecule has 7 heteroatoms. The number of rotatable bonds is 3. The van der Waals surface area contributed by atoms with Gasteiger partial charge < -0.3 is 4.74 Å². The van der Waals surface area contributed by atoms with Gasteiger partial charge in [0.05, 0.1) is 10.8 Å². The third-order valence-electron chi connectivity index (χ3n) is 3.11. The molecule has 1 aliphatic rings. The Labute approximate surface area is 117 Å². The van der Waals surface area contributed by atoms with Gasteiger partial charge in [0.1, 0.15) is 11.3 Å². The summed E-state index contributed by atoms with van der Waals surface area (Å²) < 4.78 is 28.3. The van der Waals surface area contributed by atoms with Crippen LogP contribution in [0.3, 0.4) is 0 Å². The molecule has 1 heterocycles. The number of hydrogen-bond donors (Lipinski definition) is 0. The maximum Gasteiger partial charge on any atom is 0.217 e. The van der Waals surface area contributed by atoms with Crippen molar-refractivity contribution >= 4 is 27.3 Å². The minimum atomic E-state index is -2.96. The third kappa shape index (κ3) is 3.45. The molecule has 0 saturated heterocycles. The number of halogens is 1. The van der Waals surface area contributed by atoms with E-state index in [-0.39, 0.29) is 11.4 Å². The fourth-order valence-electron chi connectivity index (χ4n) is 1.87. The van der Waals surface area contributed by atoms with Crippen LogP contribution in [0.2, 0.25) is 5.15 Å². The van der Waals surface area contributed by atoms with Crippen molar-refractivity contribution in [1.82, 2.24) is 4.98 Å². The molecule has 0 bridgehead atoms. The van der Waals surface area contributed by atoms with Gasteiger partial charge in [0.25, 0.3) is 0 Å². The zero-order chi connectivity index (χ0) is 14.0. The Morgan fingerprint density at radius 3 is 2.63 bits per heavy atom. The van der Waals surface area contributed by atoms with E-state index >= 15 is 0 Å². The molecule has 19 heavy (non-hydrogen) atoms. The molecule has 1 aromatic heterocycles. The average Bonchev–Trinajstić information content (AvgIpc) is 2.28.